The van der Waals surface area contributed by atoms with E-state index in [0.29, 0.717) is 10.6 Å². The number of carbonyl (C=O) groups excluding carboxylic acids is 2. The van der Waals surface area contributed by atoms with Gasteiger partial charge in [-0.1, -0.05) is 6.07 Å². The maximum atomic E-state index is 12.6. The smallest absolute Gasteiger partial charge is 0.256 e. The number of sulfonamides is 1. The molecule has 1 aromatic heterocycles. The van der Waals surface area contributed by atoms with Crippen molar-refractivity contribution in [3.05, 3.63) is 45.8 Å². The zero-order valence-electron chi connectivity index (χ0n) is 14.4. The molecular weight excluding hydrogens is 374 g/mol. The van der Waals surface area contributed by atoms with Crippen LogP contribution in [0.1, 0.15) is 37.6 Å². The lowest BCUT2D eigenvalue weighted by atomic mass is 10.1. The Hall–Kier alpha value is -2.23. The van der Waals surface area contributed by atoms with Crippen LogP contribution in [0, 0.1) is 0 Å². The van der Waals surface area contributed by atoms with E-state index in [2.05, 4.69) is 5.32 Å². The fourth-order valence-corrected chi connectivity index (χ4v) is 5.17. The molecule has 0 unspecified atom stereocenters. The molecule has 1 aliphatic rings. The van der Waals surface area contributed by atoms with E-state index >= 15 is 0 Å². The average molecular weight is 393 g/mol. The topological polar surface area (TPSA) is 110 Å². The number of primary amides is 1. The molecule has 0 bridgehead atoms. The summed E-state index contributed by atoms with van der Waals surface area (Å²) in [5.74, 6) is -1.05. The predicted octanol–water partition coefficient (Wildman–Crippen LogP) is 1.84. The maximum absolute atomic E-state index is 12.6. The van der Waals surface area contributed by atoms with Crippen LogP contribution in [0.3, 0.4) is 0 Å². The van der Waals surface area contributed by atoms with Gasteiger partial charge in [-0.15, -0.1) is 11.3 Å². The molecule has 0 saturated carbocycles. The number of benzene rings is 1. The van der Waals surface area contributed by atoms with Crippen LogP contribution in [0.25, 0.3) is 0 Å². The monoisotopic (exact) mass is 393 g/mol. The summed E-state index contributed by atoms with van der Waals surface area (Å²) in [6.07, 6.45) is 2.61. The molecule has 1 aliphatic carbocycles. The Morgan fingerprint density at radius 3 is 2.62 bits per heavy atom. The molecule has 2 aromatic rings. The Kier molecular flexibility index (Phi) is 4.87. The summed E-state index contributed by atoms with van der Waals surface area (Å²) in [5.41, 5.74) is 6.97. The van der Waals surface area contributed by atoms with Crippen molar-refractivity contribution in [2.45, 2.75) is 24.2 Å². The molecule has 0 radical (unpaired) electrons. The SMILES string of the molecule is CN(C)S(=O)(=O)c1cccc(C(=O)Nc2sc3c(c2C(N)=O)CCC3)c1. The third-order valence-electron chi connectivity index (χ3n) is 4.27. The Bertz CT molecular complexity index is 993. The summed E-state index contributed by atoms with van der Waals surface area (Å²) in [6, 6.07) is 5.78. The molecule has 0 spiro atoms. The molecular formula is C17H19N3O4S2. The van der Waals surface area contributed by atoms with Crippen molar-refractivity contribution in [3.63, 3.8) is 0 Å². The van der Waals surface area contributed by atoms with Crippen LogP contribution in [0.2, 0.25) is 0 Å². The first kappa shape index (κ1) is 18.6. The van der Waals surface area contributed by atoms with Crippen LogP contribution in [0.4, 0.5) is 5.00 Å². The first-order chi connectivity index (χ1) is 12.2. The molecule has 7 nitrogen and oxygen atoms in total. The number of amides is 2. The average Bonchev–Trinajstić information content (AvgIpc) is 3.14. The second-order valence-corrected chi connectivity index (χ2v) is 9.45. The third-order valence-corrected chi connectivity index (χ3v) is 7.29. The first-order valence-electron chi connectivity index (χ1n) is 8.00. The van der Waals surface area contributed by atoms with Gasteiger partial charge in [0.15, 0.2) is 0 Å². The van der Waals surface area contributed by atoms with Crippen molar-refractivity contribution in [1.82, 2.24) is 4.31 Å². The highest BCUT2D eigenvalue weighted by Gasteiger charge is 2.26. The lowest BCUT2D eigenvalue weighted by molar-refractivity contribution is 0.100. The predicted molar refractivity (Wildman–Crippen MR) is 100 cm³/mol. The van der Waals surface area contributed by atoms with E-state index in [4.69, 9.17) is 5.73 Å². The van der Waals surface area contributed by atoms with Gasteiger partial charge < -0.3 is 11.1 Å². The minimum Gasteiger partial charge on any atom is -0.365 e. The van der Waals surface area contributed by atoms with Crippen LogP contribution in [-0.4, -0.2) is 38.6 Å². The minimum absolute atomic E-state index is 0.0268. The number of anilines is 1. The molecule has 2 amide bonds. The number of nitrogens with zero attached hydrogens (tertiary/aromatic N) is 1. The van der Waals surface area contributed by atoms with Crippen LogP contribution in [0.5, 0.6) is 0 Å². The van der Waals surface area contributed by atoms with Gasteiger partial charge in [-0.2, -0.15) is 0 Å². The summed E-state index contributed by atoms with van der Waals surface area (Å²) >= 11 is 1.36. The van der Waals surface area contributed by atoms with Crippen molar-refractivity contribution in [2.75, 3.05) is 19.4 Å². The van der Waals surface area contributed by atoms with E-state index < -0.39 is 21.8 Å². The highest BCUT2D eigenvalue weighted by Crippen LogP contribution is 2.39. The molecule has 0 atom stereocenters. The van der Waals surface area contributed by atoms with E-state index in [1.807, 2.05) is 0 Å². The number of thiophene rings is 1. The molecule has 138 valence electrons. The quantitative estimate of drug-likeness (QED) is 0.807. The number of carbonyl (C=O) groups is 2. The summed E-state index contributed by atoms with van der Waals surface area (Å²) in [5, 5.41) is 3.14. The normalized spacial score (nSPS) is 13.7. The van der Waals surface area contributed by atoms with E-state index in [0.717, 1.165) is 34.0 Å². The van der Waals surface area contributed by atoms with Gasteiger partial charge in [-0.3, -0.25) is 9.59 Å². The Balaban J connectivity index is 1.92. The number of hydrogen-bond donors (Lipinski definition) is 2. The first-order valence-corrected chi connectivity index (χ1v) is 10.3. The molecule has 1 heterocycles. The van der Waals surface area contributed by atoms with Gasteiger partial charge in [0, 0.05) is 24.5 Å². The van der Waals surface area contributed by atoms with Crippen LogP contribution < -0.4 is 11.1 Å². The zero-order chi connectivity index (χ0) is 19.1. The van der Waals surface area contributed by atoms with Gasteiger partial charge in [-0.05, 0) is 43.0 Å². The second kappa shape index (κ2) is 6.82. The molecule has 0 saturated heterocycles. The number of aryl methyl sites for hydroxylation is 1. The van der Waals surface area contributed by atoms with Crippen molar-refractivity contribution in [3.8, 4) is 0 Å². The van der Waals surface area contributed by atoms with Gasteiger partial charge in [0.2, 0.25) is 10.0 Å². The van der Waals surface area contributed by atoms with E-state index in [1.54, 1.807) is 0 Å². The summed E-state index contributed by atoms with van der Waals surface area (Å²) in [7, 11) is -0.793. The van der Waals surface area contributed by atoms with Crippen molar-refractivity contribution < 1.29 is 18.0 Å². The van der Waals surface area contributed by atoms with E-state index in [9.17, 15) is 18.0 Å². The summed E-state index contributed by atoms with van der Waals surface area (Å²) in [4.78, 5) is 25.5. The second-order valence-electron chi connectivity index (χ2n) is 6.20. The van der Waals surface area contributed by atoms with E-state index in [1.165, 1.54) is 49.7 Å². The molecule has 0 fully saturated rings. The number of nitrogens with two attached hydrogens (primary N) is 1. The summed E-state index contributed by atoms with van der Waals surface area (Å²) < 4.78 is 25.6. The molecule has 26 heavy (non-hydrogen) atoms. The fraction of sp³-hybridized carbons (Fsp3) is 0.294. The Morgan fingerprint density at radius 1 is 1.23 bits per heavy atom. The van der Waals surface area contributed by atoms with Crippen LogP contribution in [-0.2, 0) is 22.9 Å². The lowest BCUT2D eigenvalue weighted by Crippen LogP contribution is -2.23. The third kappa shape index (κ3) is 3.25. The van der Waals surface area contributed by atoms with Gasteiger partial charge in [0.05, 0.1) is 10.5 Å². The Labute approximate surface area is 155 Å². The minimum atomic E-state index is -3.64. The van der Waals surface area contributed by atoms with Crippen LogP contribution >= 0.6 is 11.3 Å². The number of hydrogen-bond acceptors (Lipinski definition) is 5. The van der Waals surface area contributed by atoms with Gasteiger partial charge >= 0.3 is 0 Å². The highest BCUT2D eigenvalue weighted by molar-refractivity contribution is 7.89. The summed E-state index contributed by atoms with van der Waals surface area (Å²) in [6.45, 7) is 0. The Morgan fingerprint density at radius 2 is 1.96 bits per heavy atom. The van der Waals surface area contributed by atoms with Gasteiger partial charge in [0.1, 0.15) is 5.00 Å². The molecule has 0 aliphatic heterocycles. The number of rotatable bonds is 5. The zero-order valence-corrected chi connectivity index (χ0v) is 16.0. The molecule has 3 N–H and O–H groups in total. The van der Waals surface area contributed by atoms with E-state index in [-0.39, 0.29) is 10.5 Å². The number of nitrogens with one attached hydrogen (secondary N) is 1. The molecule has 9 heteroatoms. The van der Waals surface area contributed by atoms with Crippen molar-refractivity contribution in [1.29, 1.82) is 0 Å². The van der Waals surface area contributed by atoms with Crippen molar-refractivity contribution in [2.24, 2.45) is 5.73 Å². The maximum Gasteiger partial charge on any atom is 0.256 e. The standard InChI is InChI=1S/C17H19N3O4S2/c1-20(2)26(23,24)11-6-3-5-10(9-11)16(22)19-17-14(15(18)21)12-7-4-8-13(12)25-17/h3,5-6,9H,4,7-8H2,1-2H3,(H2,18,21)(H,19,22). The van der Waals surface area contributed by atoms with Crippen LogP contribution in [0.15, 0.2) is 29.2 Å². The molecule has 3 rings (SSSR count). The number of fused-ring (bicyclic) bond motifs is 1. The largest absolute Gasteiger partial charge is 0.365 e. The van der Waals surface area contributed by atoms with Crippen molar-refractivity contribution >= 4 is 38.2 Å². The highest BCUT2D eigenvalue weighted by atomic mass is 32.2. The van der Waals surface area contributed by atoms with Gasteiger partial charge in [0.25, 0.3) is 11.8 Å². The fourth-order valence-electron chi connectivity index (χ4n) is 2.94. The molecule has 1 aromatic carbocycles. The van der Waals surface area contributed by atoms with Gasteiger partial charge in [-0.25, -0.2) is 12.7 Å². The lowest BCUT2D eigenvalue weighted by Gasteiger charge is -2.12.